The minimum Gasteiger partial charge on any atom is -0.207 e. The van der Waals surface area contributed by atoms with E-state index in [0.717, 1.165) is 30.6 Å². The highest BCUT2D eigenvalue weighted by atomic mass is 32.2. The smallest absolute Gasteiger partial charge is 0.126 e. The van der Waals surface area contributed by atoms with E-state index in [2.05, 4.69) is 39.8 Å². The monoisotopic (exact) mass is 294 g/mol. The molecule has 20 heavy (non-hydrogen) atoms. The molecule has 0 heterocycles. The molecule has 0 radical (unpaired) electrons. The van der Waals surface area contributed by atoms with Crippen LogP contribution in [0.25, 0.3) is 6.08 Å². The normalized spacial score (nSPS) is 12.3. The van der Waals surface area contributed by atoms with Crippen molar-refractivity contribution >= 4 is 17.8 Å². The van der Waals surface area contributed by atoms with Gasteiger partial charge in [-0.1, -0.05) is 52.8 Å². The highest BCUT2D eigenvalue weighted by Gasteiger charge is 2.22. The van der Waals surface area contributed by atoms with E-state index in [0.29, 0.717) is 0 Å². The zero-order valence-corrected chi connectivity index (χ0v) is 14.2. The fraction of sp³-hybridized carbons (Fsp3) is 0.556. The molecule has 112 valence electrons. The Morgan fingerprint density at radius 1 is 1.15 bits per heavy atom. The molecule has 0 N–H and O–H groups in total. The van der Waals surface area contributed by atoms with Crippen LogP contribution in [0.15, 0.2) is 18.2 Å². The second-order valence-corrected chi connectivity index (χ2v) is 7.60. The maximum atomic E-state index is 14.1. The zero-order chi connectivity index (χ0) is 15.2. The standard InChI is InChI=1S/C18H27FS/c1-6-9-10-14-11-12-17(19)15(7-2)16(14)13-18(4,5)20-8-3/h9-12H,6-8,13H2,1-5H3. The van der Waals surface area contributed by atoms with Crippen molar-refractivity contribution in [3.05, 3.63) is 40.7 Å². The Balaban J connectivity index is 3.24. The molecule has 0 atom stereocenters. The van der Waals surface area contributed by atoms with Gasteiger partial charge in [-0.05, 0) is 47.8 Å². The Morgan fingerprint density at radius 3 is 2.40 bits per heavy atom. The fourth-order valence-corrected chi connectivity index (χ4v) is 3.57. The third kappa shape index (κ3) is 4.66. The molecule has 0 unspecified atom stereocenters. The van der Waals surface area contributed by atoms with Crippen LogP contribution in [0.4, 0.5) is 4.39 Å². The Kier molecular flexibility index (Phi) is 6.81. The number of rotatable bonds is 7. The van der Waals surface area contributed by atoms with E-state index < -0.39 is 0 Å². The summed E-state index contributed by atoms with van der Waals surface area (Å²) in [5.41, 5.74) is 3.24. The van der Waals surface area contributed by atoms with Crippen molar-refractivity contribution in [1.82, 2.24) is 0 Å². The van der Waals surface area contributed by atoms with E-state index in [1.165, 1.54) is 11.1 Å². The lowest BCUT2D eigenvalue weighted by Crippen LogP contribution is -2.21. The Labute approximate surface area is 127 Å². The minimum atomic E-state index is -0.0616. The van der Waals surface area contributed by atoms with Crippen LogP contribution in [0.3, 0.4) is 0 Å². The van der Waals surface area contributed by atoms with Crippen LogP contribution in [0.2, 0.25) is 0 Å². The number of hydrogen-bond donors (Lipinski definition) is 0. The largest absolute Gasteiger partial charge is 0.207 e. The first-order valence-corrected chi connectivity index (χ1v) is 8.54. The Hall–Kier alpha value is -0.760. The van der Waals surface area contributed by atoms with Crippen LogP contribution in [0, 0.1) is 5.82 Å². The lowest BCUT2D eigenvalue weighted by molar-refractivity contribution is 0.602. The van der Waals surface area contributed by atoms with Gasteiger partial charge in [0.2, 0.25) is 0 Å². The summed E-state index contributed by atoms with van der Waals surface area (Å²) in [6.07, 6.45) is 6.96. The quantitative estimate of drug-likeness (QED) is 0.604. The summed E-state index contributed by atoms with van der Waals surface area (Å²) >= 11 is 1.94. The number of benzene rings is 1. The third-order valence-corrected chi connectivity index (χ3v) is 4.65. The van der Waals surface area contributed by atoms with E-state index >= 15 is 0 Å². The lowest BCUT2D eigenvalue weighted by atomic mass is 9.91. The molecule has 0 aliphatic carbocycles. The number of halogens is 1. The minimum absolute atomic E-state index is 0.0616. The highest BCUT2D eigenvalue weighted by molar-refractivity contribution is 8.00. The first kappa shape index (κ1) is 17.3. The van der Waals surface area contributed by atoms with Gasteiger partial charge in [0.15, 0.2) is 0 Å². The Morgan fingerprint density at radius 2 is 1.85 bits per heavy atom. The molecule has 0 saturated carbocycles. The van der Waals surface area contributed by atoms with Crippen molar-refractivity contribution < 1.29 is 4.39 Å². The van der Waals surface area contributed by atoms with Gasteiger partial charge in [-0.25, -0.2) is 4.39 Å². The second kappa shape index (κ2) is 7.87. The first-order chi connectivity index (χ1) is 9.45. The summed E-state index contributed by atoms with van der Waals surface area (Å²) in [6.45, 7) is 10.8. The van der Waals surface area contributed by atoms with Crippen LogP contribution >= 0.6 is 11.8 Å². The van der Waals surface area contributed by atoms with Crippen molar-refractivity contribution in [3.8, 4) is 0 Å². The predicted molar refractivity (Wildman–Crippen MR) is 91.0 cm³/mol. The van der Waals surface area contributed by atoms with Crippen molar-refractivity contribution in [3.63, 3.8) is 0 Å². The van der Waals surface area contributed by atoms with Crippen LogP contribution in [-0.4, -0.2) is 10.5 Å². The van der Waals surface area contributed by atoms with Gasteiger partial charge in [-0.3, -0.25) is 0 Å². The van der Waals surface area contributed by atoms with Crippen molar-refractivity contribution in [2.45, 2.75) is 58.6 Å². The van der Waals surface area contributed by atoms with Crippen molar-refractivity contribution in [2.24, 2.45) is 0 Å². The van der Waals surface area contributed by atoms with Gasteiger partial charge < -0.3 is 0 Å². The first-order valence-electron chi connectivity index (χ1n) is 7.55. The van der Waals surface area contributed by atoms with Gasteiger partial charge in [0.05, 0.1) is 0 Å². The van der Waals surface area contributed by atoms with E-state index in [-0.39, 0.29) is 10.6 Å². The summed E-state index contributed by atoms with van der Waals surface area (Å²) in [6, 6.07) is 3.53. The molecule has 2 heteroatoms. The zero-order valence-electron chi connectivity index (χ0n) is 13.4. The van der Waals surface area contributed by atoms with Gasteiger partial charge in [-0.15, -0.1) is 0 Å². The van der Waals surface area contributed by atoms with E-state index in [4.69, 9.17) is 0 Å². The summed E-state index contributed by atoms with van der Waals surface area (Å²) in [7, 11) is 0. The third-order valence-electron chi connectivity index (χ3n) is 3.43. The molecule has 0 amide bonds. The van der Waals surface area contributed by atoms with Crippen LogP contribution in [0.5, 0.6) is 0 Å². The molecule has 1 rings (SSSR count). The molecule has 0 aliphatic heterocycles. The molecule has 1 aromatic rings. The maximum absolute atomic E-state index is 14.1. The SMILES string of the molecule is CCC=Cc1ccc(F)c(CC)c1CC(C)(C)SCC. The maximum Gasteiger partial charge on any atom is 0.126 e. The molecule has 0 saturated heterocycles. The van der Waals surface area contributed by atoms with Gasteiger partial charge in [0.25, 0.3) is 0 Å². The van der Waals surface area contributed by atoms with E-state index in [1.807, 2.05) is 24.8 Å². The van der Waals surface area contributed by atoms with Crippen LogP contribution in [0.1, 0.15) is 57.7 Å². The average molecular weight is 294 g/mol. The molecule has 0 nitrogen and oxygen atoms in total. The number of hydrogen-bond acceptors (Lipinski definition) is 1. The molecule has 0 aromatic heterocycles. The summed E-state index contributed by atoms with van der Waals surface area (Å²) in [5.74, 6) is 1.03. The number of thioether (sulfide) groups is 1. The molecular weight excluding hydrogens is 267 g/mol. The highest BCUT2D eigenvalue weighted by Crippen LogP contribution is 2.32. The van der Waals surface area contributed by atoms with Gasteiger partial charge in [0.1, 0.15) is 5.82 Å². The van der Waals surface area contributed by atoms with Gasteiger partial charge >= 0.3 is 0 Å². The second-order valence-electron chi connectivity index (χ2n) is 5.63. The van der Waals surface area contributed by atoms with Crippen LogP contribution < -0.4 is 0 Å². The Bertz CT molecular complexity index is 461. The molecule has 0 aliphatic rings. The van der Waals surface area contributed by atoms with Crippen molar-refractivity contribution in [2.75, 3.05) is 5.75 Å². The fourth-order valence-electron chi connectivity index (χ4n) is 2.54. The van der Waals surface area contributed by atoms with Crippen molar-refractivity contribution in [1.29, 1.82) is 0 Å². The van der Waals surface area contributed by atoms with Gasteiger partial charge in [0, 0.05) is 4.75 Å². The summed E-state index contributed by atoms with van der Waals surface area (Å²) in [5, 5.41) is 0. The average Bonchev–Trinajstić information content (AvgIpc) is 2.37. The molecule has 1 aromatic carbocycles. The lowest BCUT2D eigenvalue weighted by Gasteiger charge is -2.26. The van der Waals surface area contributed by atoms with Gasteiger partial charge in [-0.2, -0.15) is 11.8 Å². The van der Waals surface area contributed by atoms with Crippen LogP contribution in [-0.2, 0) is 12.8 Å². The summed E-state index contributed by atoms with van der Waals surface area (Å²) in [4.78, 5) is 0. The van der Waals surface area contributed by atoms with E-state index in [1.54, 1.807) is 6.07 Å². The van der Waals surface area contributed by atoms with E-state index in [9.17, 15) is 4.39 Å². The molecule has 0 fully saturated rings. The topological polar surface area (TPSA) is 0 Å². The number of allylic oxidation sites excluding steroid dienone is 1. The molecule has 0 bridgehead atoms. The summed E-state index contributed by atoms with van der Waals surface area (Å²) < 4.78 is 14.2. The predicted octanol–water partition coefficient (Wildman–Crippen LogP) is 5.89. The molecular formula is C18H27FS. The molecule has 0 spiro atoms.